The molecule has 0 radical (unpaired) electrons. The molecule has 2 aromatic rings. The van der Waals surface area contributed by atoms with Crippen LogP contribution in [0.15, 0.2) is 5.03 Å². The molecule has 6 heteroatoms. The van der Waals surface area contributed by atoms with Gasteiger partial charge in [0.2, 0.25) is 0 Å². The van der Waals surface area contributed by atoms with E-state index in [9.17, 15) is 9.90 Å². The number of nitrogens with zero attached hydrogens (tertiary/aromatic N) is 2. The van der Waals surface area contributed by atoms with Gasteiger partial charge in [0.05, 0.1) is 0 Å². The van der Waals surface area contributed by atoms with Gasteiger partial charge in [0.15, 0.2) is 0 Å². The van der Waals surface area contributed by atoms with Crippen molar-refractivity contribution in [2.24, 2.45) is 0 Å². The van der Waals surface area contributed by atoms with Crippen molar-refractivity contribution in [1.29, 1.82) is 0 Å². The number of aryl methyl sites for hydroxylation is 3. The molecule has 0 aliphatic heterocycles. The molecule has 21 heavy (non-hydrogen) atoms. The first-order valence-corrected chi connectivity index (χ1v) is 8.73. The predicted molar refractivity (Wildman–Crippen MR) is 86.4 cm³/mol. The molecule has 0 fully saturated rings. The van der Waals surface area contributed by atoms with Gasteiger partial charge in [-0.25, -0.2) is 9.97 Å². The molecule has 112 valence electrons. The highest BCUT2D eigenvalue weighted by molar-refractivity contribution is 8.01. The number of thiophene rings is 1. The van der Waals surface area contributed by atoms with Crippen molar-refractivity contribution in [3.05, 3.63) is 16.3 Å². The summed E-state index contributed by atoms with van der Waals surface area (Å²) in [5.41, 5.74) is 1.35. The van der Waals surface area contributed by atoms with Crippen molar-refractivity contribution in [1.82, 2.24) is 9.97 Å². The highest BCUT2D eigenvalue weighted by Gasteiger charge is 2.31. The third-order valence-electron chi connectivity index (χ3n) is 3.76. The standard InChI is InChI=1S/C15H18N2O2S2/c1-8-16-12-11(9-6-4-5-7-10(9)20-12)13(17-8)21-15(2,3)14(18)19/h4-7H2,1-3H3,(H,18,19). The number of carboxylic acid groups (broad SMARTS) is 1. The quantitative estimate of drug-likeness (QED) is 0.687. The van der Waals surface area contributed by atoms with Crippen LogP contribution in [0.25, 0.3) is 10.2 Å². The molecule has 0 aromatic carbocycles. The van der Waals surface area contributed by atoms with Crippen LogP contribution in [0.4, 0.5) is 0 Å². The zero-order valence-electron chi connectivity index (χ0n) is 12.4. The number of aliphatic carboxylic acids is 1. The zero-order chi connectivity index (χ0) is 15.2. The van der Waals surface area contributed by atoms with Crippen LogP contribution in [0, 0.1) is 6.92 Å². The van der Waals surface area contributed by atoms with Crippen molar-refractivity contribution in [2.75, 3.05) is 0 Å². The molecule has 4 nitrogen and oxygen atoms in total. The summed E-state index contributed by atoms with van der Waals surface area (Å²) in [6.07, 6.45) is 4.60. The highest BCUT2D eigenvalue weighted by Crippen LogP contribution is 2.42. The molecule has 0 bridgehead atoms. The Morgan fingerprint density at radius 3 is 2.71 bits per heavy atom. The van der Waals surface area contributed by atoms with E-state index >= 15 is 0 Å². The first kappa shape index (κ1) is 14.8. The van der Waals surface area contributed by atoms with E-state index in [-0.39, 0.29) is 0 Å². The SMILES string of the molecule is Cc1nc(SC(C)(C)C(=O)O)c2c3c(sc2n1)CCCC3. The van der Waals surface area contributed by atoms with Gasteiger partial charge in [-0.2, -0.15) is 0 Å². The summed E-state index contributed by atoms with van der Waals surface area (Å²) >= 11 is 3.08. The van der Waals surface area contributed by atoms with Gasteiger partial charge in [-0.15, -0.1) is 11.3 Å². The summed E-state index contributed by atoms with van der Waals surface area (Å²) in [5, 5.41) is 11.3. The second-order valence-electron chi connectivity index (χ2n) is 5.88. The topological polar surface area (TPSA) is 63.1 Å². The van der Waals surface area contributed by atoms with Crippen molar-refractivity contribution < 1.29 is 9.90 Å². The minimum atomic E-state index is -0.892. The summed E-state index contributed by atoms with van der Waals surface area (Å²) in [4.78, 5) is 22.9. The number of thioether (sulfide) groups is 1. The number of carbonyl (C=O) groups is 1. The monoisotopic (exact) mass is 322 g/mol. The Hall–Kier alpha value is -1.14. The number of hydrogen-bond acceptors (Lipinski definition) is 5. The third kappa shape index (κ3) is 2.66. The number of carboxylic acids is 1. The van der Waals surface area contributed by atoms with Gasteiger partial charge in [-0.05, 0) is 52.0 Å². The van der Waals surface area contributed by atoms with Crippen LogP contribution < -0.4 is 0 Å². The lowest BCUT2D eigenvalue weighted by Crippen LogP contribution is -2.27. The summed E-state index contributed by atoms with van der Waals surface area (Å²) < 4.78 is -0.892. The van der Waals surface area contributed by atoms with E-state index in [0.29, 0.717) is 5.82 Å². The fourth-order valence-corrected chi connectivity index (χ4v) is 5.03. The Morgan fingerprint density at radius 2 is 2.00 bits per heavy atom. The van der Waals surface area contributed by atoms with Crippen LogP contribution in [-0.4, -0.2) is 25.8 Å². The zero-order valence-corrected chi connectivity index (χ0v) is 14.0. The van der Waals surface area contributed by atoms with Crippen molar-refractivity contribution in [3.63, 3.8) is 0 Å². The molecule has 1 aliphatic rings. The average molecular weight is 322 g/mol. The van der Waals surface area contributed by atoms with Gasteiger partial charge in [-0.3, -0.25) is 4.79 Å². The van der Waals surface area contributed by atoms with Crippen molar-refractivity contribution in [2.45, 2.75) is 56.2 Å². The molecule has 0 saturated heterocycles. The van der Waals surface area contributed by atoms with Gasteiger partial charge in [0, 0.05) is 10.3 Å². The van der Waals surface area contributed by atoms with Gasteiger partial charge in [0.25, 0.3) is 0 Å². The number of fused-ring (bicyclic) bond motifs is 3. The molecule has 0 spiro atoms. The van der Waals surface area contributed by atoms with Gasteiger partial charge in [0.1, 0.15) is 20.4 Å². The van der Waals surface area contributed by atoms with E-state index in [4.69, 9.17) is 0 Å². The summed E-state index contributed by atoms with van der Waals surface area (Å²) in [5.74, 6) is -0.106. The van der Waals surface area contributed by atoms with E-state index in [1.165, 1.54) is 35.0 Å². The Balaban J connectivity index is 2.17. The molecule has 0 amide bonds. The first-order valence-electron chi connectivity index (χ1n) is 7.10. The Bertz CT molecular complexity index is 722. The summed E-state index contributed by atoms with van der Waals surface area (Å²) in [7, 11) is 0. The molecular formula is C15H18N2O2S2. The number of aromatic nitrogens is 2. The van der Waals surface area contributed by atoms with Crippen LogP contribution >= 0.6 is 23.1 Å². The van der Waals surface area contributed by atoms with E-state index in [1.54, 1.807) is 25.2 Å². The molecule has 2 heterocycles. The van der Waals surface area contributed by atoms with Crippen LogP contribution in [0.1, 0.15) is 43.0 Å². The minimum absolute atomic E-state index is 0.713. The second-order valence-corrected chi connectivity index (χ2v) is 8.58. The molecule has 1 N–H and O–H groups in total. The average Bonchev–Trinajstić information content (AvgIpc) is 2.75. The molecule has 3 rings (SSSR count). The maximum atomic E-state index is 11.4. The Morgan fingerprint density at radius 1 is 1.29 bits per heavy atom. The lowest BCUT2D eigenvalue weighted by molar-refractivity contribution is -0.138. The van der Waals surface area contributed by atoms with Gasteiger partial charge < -0.3 is 5.11 Å². The molecular weight excluding hydrogens is 304 g/mol. The van der Waals surface area contributed by atoms with Crippen molar-refractivity contribution in [3.8, 4) is 0 Å². The van der Waals surface area contributed by atoms with Crippen LogP contribution in [0.2, 0.25) is 0 Å². The Kier molecular flexibility index (Phi) is 3.69. The van der Waals surface area contributed by atoms with Crippen molar-refractivity contribution >= 4 is 39.3 Å². The molecule has 1 aliphatic carbocycles. The number of hydrogen-bond donors (Lipinski definition) is 1. The summed E-state index contributed by atoms with van der Waals surface area (Å²) in [6.45, 7) is 5.32. The van der Waals surface area contributed by atoms with Crippen LogP contribution in [0.5, 0.6) is 0 Å². The van der Waals surface area contributed by atoms with E-state index in [0.717, 1.165) is 28.1 Å². The molecule has 0 saturated carbocycles. The fraction of sp³-hybridized carbons (Fsp3) is 0.533. The lowest BCUT2D eigenvalue weighted by atomic mass is 9.97. The van der Waals surface area contributed by atoms with Crippen LogP contribution in [-0.2, 0) is 17.6 Å². The molecule has 2 aromatic heterocycles. The maximum absolute atomic E-state index is 11.4. The smallest absolute Gasteiger partial charge is 0.319 e. The largest absolute Gasteiger partial charge is 0.480 e. The highest BCUT2D eigenvalue weighted by atomic mass is 32.2. The second kappa shape index (κ2) is 5.25. The lowest BCUT2D eigenvalue weighted by Gasteiger charge is -2.19. The molecule has 0 unspecified atom stereocenters. The number of rotatable bonds is 3. The predicted octanol–water partition coefficient (Wildman–Crippen LogP) is 3.83. The van der Waals surface area contributed by atoms with Gasteiger partial charge >= 0.3 is 5.97 Å². The summed E-state index contributed by atoms with van der Waals surface area (Å²) in [6, 6.07) is 0. The third-order valence-corrected chi connectivity index (χ3v) is 6.12. The molecule has 0 atom stereocenters. The minimum Gasteiger partial charge on any atom is -0.480 e. The normalized spacial score (nSPS) is 15.2. The Labute approximate surface area is 132 Å². The van der Waals surface area contributed by atoms with Gasteiger partial charge in [-0.1, -0.05) is 11.8 Å². The van der Waals surface area contributed by atoms with E-state index in [2.05, 4.69) is 9.97 Å². The fourth-order valence-electron chi connectivity index (χ4n) is 2.58. The van der Waals surface area contributed by atoms with E-state index < -0.39 is 10.7 Å². The maximum Gasteiger partial charge on any atom is 0.319 e. The van der Waals surface area contributed by atoms with E-state index in [1.807, 2.05) is 6.92 Å². The van der Waals surface area contributed by atoms with Crippen LogP contribution in [0.3, 0.4) is 0 Å². The first-order chi connectivity index (χ1) is 9.88.